The predicted octanol–water partition coefficient (Wildman–Crippen LogP) is 3.12. The van der Waals surface area contributed by atoms with Crippen LogP contribution in [0.5, 0.6) is 0 Å². The summed E-state index contributed by atoms with van der Waals surface area (Å²) < 4.78 is 5.42. The van der Waals surface area contributed by atoms with Crippen molar-refractivity contribution in [1.82, 2.24) is 9.80 Å². The highest BCUT2D eigenvalue weighted by Gasteiger charge is 2.50. The second-order valence-corrected chi connectivity index (χ2v) is 7.92. The number of amides is 1. The topological polar surface area (TPSA) is 32.8 Å². The molecule has 0 radical (unpaired) electrons. The molecule has 2 rings (SSSR count). The zero-order valence-corrected chi connectivity index (χ0v) is 13.7. The molecule has 2 aliphatic heterocycles. The van der Waals surface area contributed by atoms with Crippen LogP contribution in [0.4, 0.5) is 4.79 Å². The molecule has 0 N–H and O–H groups in total. The molecular formula is C16H30N2O2. The number of nitrogens with zero attached hydrogens (tertiary/aromatic N) is 2. The first-order valence-corrected chi connectivity index (χ1v) is 7.84. The van der Waals surface area contributed by atoms with Gasteiger partial charge in [0.15, 0.2) is 0 Å². The van der Waals surface area contributed by atoms with Crippen molar-refractivity contribution in [2.45, 2.75) is 64.5 Å². The number of hydrogen-bond acceptors (Lipinski definition) is 3. The van der Waals surface area contributed by atoms with Crippen LogP contribution in [0.25, 0.3) is 0 Å². The fourth-order valence-electron chi connectivity index (χ4n) is 4.12. The van der Waals surface area contributed by atoms with Crippen molar-refractivity contribution in [2.75, 3.05) is 27.2 Å². The van der Waals surface area contributed by atoms with Crippen molar-refractivity contribution < 1.29 is 9.53 Å². The van der Waals surface area contributed by atoms with E-state index in [1.807, 2.05) is 0 Å². The maximum Gasteiger partial charge on any atom is 0.409 e. The SMILES string of the molecule is CN(C)C(=O)OC[C@H]1CCC2(CC(C)(C)C)CCCN12. The Morgan fingerprint density at radius 3 is 2.65 bits per heavy atom. The lowest BCUT2D eigenvalue weighted by Gasteiger charge is -2.39. The molecule has 1 unspecified atom stereocenters. The molecule has 1 amide bonds. The Kier molecular flexibility index (Phi) is 4.33. The fraction of sp³-hybridized carbons (Fsp3) is 0.938. The molecular weight excluding hydrogens is 252 g/mol. The highest BCUT2D eigenvalue weighted by molar-refractivity contribution is 5.66. The minimum Gasteiger partial charge on any atom is -0.448 e. The summed E-state index contributed by atoms with van der Waals surface area (Å²) in [6.45, 7) is 8.70. The molecule has 4 heteroatoms. The van der Waals surface area contributed by atoms with Crippen LogP contribution >= 0.6 is 0 Å². The summed E-state index contributed by atoms with van der Waals surface area (Å²) in [4.78, 5) is 15.7. The van der Waals surface area contributed by atoms with E-state index in [2.05, 4.69) is 25.7 Å². The van der Waals surface area contributed by atoms with Crippen LogP contribution in [-0.2, 0) is 4.74 Å². The van der Waals surface area contributed by atoms with Crippen LogP contribution in [0.2, 0.25) is 0 Å². The average Bonchev–Trinajstić information content (AvgIpc) is 2.82. The van der Waals surface area contributed by atoms with Gasteiger partial charge in [-0.1, -0.05) is 20.8 Å². The zero-order chi connectivity index (χ0) is 15.0. The molecule has 0 aromatic carbocycles. The molecule has 0 aliphatic carbocycles. The molecule has 20 heavy (non-hydrogen) atoms. The lowest BCUT2D eigenvalue weighted by atomic mass is 9.77. The van der Waals surface area contributed by atoms with Gasteiger partial charge in [0.1, 0.15) is 6.61 Å². The maximum atomic E-state index is 11.6. The van der Waals surface area contributed by atoms with E-state index in [-0.39, 0.29) is 6.09 Å². The summed E-state index contributed by atoms with van der Waals surface area (Å²) in [7, 11) is 3.47. The van der Waals surface area contributed by atoms with Crippen LogP contribution in [0, 0.1) is 5.41 Å². The lowest BCUT2D eigenvalue weighted by Crippen LogP contribution is -2.46. The second kappa shape index (κ2) is 5.55. The van der Waals surface area contributed by atoms with Gasteiger partial charge in [-0.15, -0.1) is 0 Å². The van der Waals surface area contributed by atoms with Gasteiger partial charge >= 0.3 is 6.09 Å². The van der Waals surface area contributed by atoms with E-state index in [1.165, 1.54) is 37.1 Å². The monoisotopic (exact) mass is 282 g/mol. The van der Waals surface area contributed by atoms with Crippen molar-refractivity contribution in [2.24, 2.45) is 5.41 Å². The minimum atomic E-state index is -0.225. The highest BCUT2D eigenvalue weighted by atomic mass is 16.6. The van der Waals surface area contributed by atoms with E-state index in [9.17, 15) is 4.79 Å². The number of carbonyl (C=O) groups is 1. The standard InChI is InChI=1S/C16H30N2O2/c1-15(2,3)12-16-8-6-10-18(16)13(7-9-16)11-20-14(19)17(4)5/h13H,6-12H2,1-5H3/t13-,16?/m1/s1. The van der Waals surface area contributed by atoms with Crippen molar-refractivity contribution in [3.63, 3.8) is 0 Å². The Balaban J connectivity index is 1.97. The van der Waals surface area contributed by atoms with Gasteiger partial charge in [0, 0.05) is 25.7 Å². The predicted molar refractivity (Wildman–Crippen MR) is 80.8 cm³/mol. The van der Waals surface area contributed by atoms with Gasteiger partial charge in [-0.2, -0.15) is 0 Å². The Morgan fingerprint density at radius 1 is 1.35 bits per heavy atom. The van der Waals surface area contributed by atoms with Gasteiger partial charge in [-0.25, -0.2) is 4.79 Å². The number of carbonyl (C=O) groups excluding carboxylic acids is 1. The van der Waals surface area contributed by atoms with Crippen LogP contribution in [0.1, 0.15) is 52.9 Å². The third kappa shape index (κ3) is 3.27. The molecule has 0 saturated carbocycles. The molecule has 0 aromatic rings. The smallest absolute Gasteiger partial charge is 0.409 e. The van der Waals surface area contributed by atoms with E-state index in [1.54, 1.807) is 14.1 Å². The maximum absolute atomic E-state index is 11.6. The van der Waals surface area contributed by atoms with Gasteiger partial charge in [-0.3, -0.25) is 4.90 Å². The molecule has 0 bridgehead atoms. The van der Waals surface area contributed by atoms with Gasteiger partial charge in [-0.05, 0) is 44.1 Å². The second-order valence-electron chi connectivity index (χ2n) is 7.92. The Labute approximate surface area is 123 Å². The quantitative estimate of drug-likeness (QED) is 0.797. The number of rotatable bonds is 3. The van der Waals surface area contributed by atoms with Crippen molar-refractivity contribution in [1.29, 1.82) is 0 Å². The summed E-state index contributed by atoms with van der Waals surface area (Å²) >= 11 is 0. The molecule has 2 fully saturated rings. The van der Waals surface area contributed by atoms with Gasteiger partial charge in [0.2, 0.25) is 0 Å². The first-order chi connectivity index (χ1) is 9.23. The summed E-state index contributed by atoms with van der Waals surface area (Å²) in [5, 5.41) is 0. The summed E-state index contributed by atoms with van der Waals surface area (Å²) in [5.74, 6) is 0. The molecule has 4 nitrogen and oxygen atoms in total. The fourth-order valence-corrected chi connectivity index (χ4v) is 4.12. The van der Waals surface area contributed by atoms with Crippen LogP contribution in [-0.4, -0.2) is 54.7 Å². The molecule has 2 atom stereocenters. The normalized spacial score (nSPS) is 30.4. The third-order valence-corrected chi connectivity index (χ3v) is 4.66. The van der Waals surface area contributed by atoms with Crippen LogP contribution in [0.15, 0.2) is 0 Å². The van der Waals surface area contributed by atoms with E-state index >= 15 is 0 Å². The summed E-state index contributed by atoms with van der Waals surface area (Å²) in [5.41, 5.74) is 0.727. The van der Waals surface area contributed by atoms with Crippen molar-refractivity contribution in [3.05, 3.63) is 0 Å². The molecule has 116 valence electrons. The van der Waals surface area contributed by atoms with Gasteiger partial charge in [0.05, 0.1) is 0 Å². The molecule has 2 saturated heterocycles. The molecule has 2 aliphatic rings. The van der Waals surface area contributed by atoms with Gasteiger partial charge in [0.25, 0.3) is 0 Å². The molecule has 0 spiro atoms. The lowest BCUT2D eigenvalue weighted by molar-refractivity contribution is 0.0544. The van der Waals surface area contributed by atoms with Crippen molar-refractivity contribution in [3.8, 4) is 0 Å². The van der Waals surface area contributed by atoms with E-state index in [0.717, 1.165) is 6.42 Å². The number of ether oxygens (including phenoxy) is 1. The van der Waals surface area contributed by atoms with Gasteiger partial charge < -0.3 is 9.64 Å². The molecule has 0 aromatic heterocycles. The highest BCUT2D eigenvalue weighted by Crippen LogP contribution is 2.48. The van der Waals surface area contributed by atoms with E-state index in [0.29, 0.717) is 23.6 Å². The Bertz CT molecular complexity index is 362. The minimum absolute atomic E-state index is 0.225. The average molecular weight is 282 g/mol. The first kappa shape index (κ1) is 15.6. The van der Waals surface area contributed by atoms with Crippen molar-refractivity contribution >= 4 is 6.09 Å². The summed E-state index contributed by atoms with van der Waals surface area (Å²) in [6.07, 6.45) is 6.04. The Hall–Kier alpha value is -0.770. The largest absolute Gasteiger partial charge is 0.448 e. The first-order valence-electron chi connectivity index (χ1n) is 7.84. The van der Waals surface area contributed by atoms with E-state index < -0.39 is 0 Å². The molecule has 2 heterocycles. The van der Waals surface area contributed by atoms with Crippen LogP contribution in [0.3, 0.4) is 0 Å². The Morgan fingerprint density at radius 2 is 2.05 bits per heavy atom. The number of fused-ring (bicyclic) bond motifs is 1. The van der Waals surface area contributed by atoms with Crippen LogP contribution < -0.4 is 0 Å². The van der Waals surface area contributed by atoms with E-state index in [4.69, 9.17) is 4.74 Å². The third-order valence-electron chi connectivity index (χ3n) is 4.66. The summed E-state index contributed by atoms with van der Waals surface area (Å²) in [6, 6.07) is 0.420. The zero-order valence-electron chi connectivity index (χ0n) is 13.7. The number of hydrogen-bond donors (Lipinski definition) is 0.